The minimum absolute atomic E-state index is 0. The van der Waals surface area contributed by atoms with Crippen molar-refractivity contribution in [1.82, 2.24) is 0 Å². The average molecular weight is 921 g/mol. The van der Waals surface area contributed by atoms with Gasteiger partial charge < -0.3 is 10.3 Å². The van der Waals surface area contributed by atoms with Crippen LogP contribution in [-0.2, 0) is 22.4 Å². The number of amidine groups is 2. The summed E-state index contributed by atoms with van der Waals surface area (Å²) in [5, 5.41) is -1.14. The first-order valence-electron chi connectivity index (χ1n) is 10.2. The van der Waals surface area contributed by atoms with Gasteiger partial charge in [-0.05, 0) is 35.8 Å². The van der Waals surface area contributed by atoms with Crippen molar-refractivity contribution in [3.05, 3.63) is 75.0 Å². The fraction of sp³-hybridized carbons (Fsp3) is 0.273. The van der Waals surface area contributed by atoms with Crippen LogP contribution in [0.15, 0.2) is 59.5 Å². The molecule has 0 heterocycles. The van der Waals surface area contributed by atoms with Crippen molar-refractivity contribution in [2.24, 2.45) is 9.98 Å². The summed E-state index contributed by atoms with van der Waals surface area (Å²) in [6.07, 6.45) is -14.4. The summed E-state index contributed by atoms with van der Waals surface area (Å²) in [5.41, 5.74) is -2.71. The summed E-state index contributed by atoms with van der Waals surface area (Å²) in [6, 6.07) is 4.77. The average Bonchev–Trinajstić information content (AvgIpc) is 2.86. The summed E-state index contributed by atoms with van der Waals surface area (Å²) in [6.45, 7) is 6.00. The van der Waals surface area contributed by atoms with Crippen LogP contribution in [0.1, 0.15) is 0 Å². The largest absolute Gasteiger partial charge is 1.00 e. The van der Waals surface area contributed by atoms with Crippen LogP contribution in [0.4, 0.5) is 72.8 Å². The second-order valence-corrected chi connectivity index (χ2v) is 9.05. The Labute approximate surface area is 273 Å². The fourth-order valence-electron chi connectivity index (χ4n) is 2.47. The monoisotopic (exact) mass is 919 g/mol. The third-order valence-electron chi connectivity index (χ3n) is 4.58. The van der Waals surface area contributed by atoms with E-state index in [1.54, 1.807) is 0 Å². The Morgan fingerprint density at radius 1 is 0.591 bits per heavy atom. The number of nitrogens with zero attached hydrogens (tertiary/aromatic N) is 3. The minimum atomic E-state index is -7.26. The first-order chi connectivity index (χ1) is 19.3. The van der Waals surface area contributed by atoms with Crippen LogP contribution in [0.2, 0.25) is 20.1 Å². The van der Waals surface area contributed by atoms with Crippen molar-refractivity contribution >= 4 is 69.4 Å². The van der Waals surface area contributed by atoms with Gasteiger partial charge in [-0.15, -0.1) is 13.2 Å². The Balaban J connectivity index is 0.00000603. The normalized spacial score (nSPS) is 14.0. The van der Waals surface area contributed by atoms with Crippen molar-refractivity contribution in [1.29, 1.82) is 0 Å². The zero-order chi connectivity index (χ0) is 34.0. The van der Waals surface area contributed by atoms with Gasteiger partial charge in [-0.25, -0.2) is 4.99 Å². The third kappa shape index (κ3) is 8.33. The maximum Gasteiger partial charge on any atom is 1.00 e. The van der Waals surface area contributed by atoms with Gasteiger partial charge in [0.15, 0.2) is 0 Å². The number of benzene rings is 2. The molecule has 0 amide bonds. The topological polar surface area (TPSA) is 38.8 Å². The quantitative estimate of drug-likeness (QED) is 0.0911. The summed E-state index contributed by atoms with van der Waals surface area (Å²) >= 11 is 22.4. The van der Waals surface area contributed by atoms with Crippen LogP contribution in [0, 0.1) is 0 Å². The predicted molar refractivity (Wildman–Crippen MR) is 134 cm³/mol. The number of alkyl halides is 14. The number of aliphatic imine (C=N–C) groups is 2. The van der Waals surface area contributed by atoms with E-state index in [0.29, 0.717) is 0 Å². The number of hydrogen-bond donors (Lipinski definition) is 0. The van der Waals surface area contributed by atoms with E-state index in [9.17, 15) is 61.5 Å². The van der Waals surface area contributed by atoms with Crippen LogP contribution in [0.3, 0.4) is 0 Å². The molecule has 2 rings (SSSR count). The molecule has 250 valence electrons. The van der Waals surface area contributed by atoms with E-state index in [2.05, 4.69) is 23.5 Å². The van der Waals surface area contributed by atoms with Crippen molar-refractivity contribution in [3.63, 3.8) is 0 Å². The number of para-hydroxylation sites is 2. The zero-order valence-corrected chi connectivity index (χ0v) is 25.5. The van der Waals surface area contributed by atoms with E-state index in [1.165, 1.54) is 0 Å². The molecule has 0 spiro atoms. The van der Waals surface area contributed by atoms with Gasteiger partial charge in [-0.3, -0.25) is 0 Å². The van der Waals surface area contributed by atoms with Crippen LogP contribution in [0.25, 0.3) is 5.32 Å². The molecule has 2 aromatic rings. The molecule has 0 aliphatic heterocycles. The summed E-state index contributed by atoms with van der Waals surface area (Å²) < 4.78 is 192. The Morgan fingerprint density at radius 3 is 1.30 bits per heavy atom. The maximum atomic E-state index is 14.7. The molecule has 0 atom stereocenters. The number of halogens is 18. The van der Waals surface area contributed by atoms with Gasteiger partial charge in [0, 0.05) is 10.0 Å². The maximum absolute atomic E-state index is 14.7. The van der Waals surface area contributed by atoms with Crippen molar-refractivity contribution < 1.29 is 83.8 Å². The molecule has 44 heavy (non-hydrogen) atoms. The van der Waals surface area contributed by atoms with Gasteiger partial charge in [0.25, 0.3) is 0 Å². The molecule has 0 saturated heterocycles. The second-order valence-electron chi connectivity index (χ2n) is 7.42. The van der Waals surface area contributed by atoms with Gasteiger partial charge in [-0.1, -0.05) is 58.5 Å². The van der Waals surface area contributed by atoms with Crippen molar-refractivity contribution in [3.8, 4) is 0 Å². The molecule has 0 radical (unpaired) electrons. The van der Waals surface area contributed by atoms with Gasteiger partial charge in [0.1, 0.15) is 11.5 Å². The molecule has 0 bridgehead atoms. The molecule has 22 heteroatoms. The van der Waals surface area contributed by atoms with Crippen molar-refractivity contribution in [2.75, 3.05) is 0 Å². The van der Waals surface area contributed by atoms with Gasteiger partial charge in [-0.2, -0.15) is 61.5 Å². The van der Waals surface area contributed by atoms with Crippen LogP contribution in [0.5, 0.6) is 0 Å². The summed E-state index contributed by atoms with van der Waals surface area (Å²) in [7, 11) is 0. The Kier molecular flexibility index (Phi) is 14.2. The Hall–Kier alpha value is -1.76. The molecule has 2 aromatic carbocycles. The number of rotatable bonds is 6. The van der Waals surface area contributed by atoms with E-state index in [1.807, 2.05) is 4.99 Å². The molecular formula is C22H10AuCl4F14N3. The molecule has 0 unspecified atom stereocenters. The van der Waals surface area contributed by atoms with Crippen LogP contribution < -0.4 is 0 Å². The third-order valence-corrected chi connectivity index (χ3v) is 5.80. The SMILES string of the molecule is C=C.FC(F)(F)C(F)(F)C(F)(F)C(=Nc1c(Cl)cccc1Cl)N=C([N-]c1c(Cl)cccc1Cl)C(F)(F)C(F)(F)C(F)(F)F.[Au+]. The van der Waals surface area contributed by atoms with Gasteiger partial charge >= 0.3 is 58.4 Å². The molecule has 3 nitrogen and oxygen atoms in total. The smallest absolute Gasteiger partial charge is 0.432 e. The van der Waals surface area contributed by atoms with E-state index in [0.717, 1.165) is 36.4 Å². The zero-order valence-electron chi connectivity index (χ0n) is 20.3. The van der Waals surface area contributed by atoms with Gasteiger partial charge in [0.05, 0.1) is 10.0 Å². The molecular weight excluding hydrogens is 911 g/mol. The molecule has 0 saturated carbocycles. The first-order valence-corrected chi connectivity index (χ1v) is 11.7. The second kappa shape index (κ2) is 14.8. The predicted octanol–water partition coefficient (Wildman–Crippen LogP) is 11.9. The molecule has 0 aliphatic carbocycles. The fourth-order valence-corrected chi connectivity index (χ4v) is 3.44. The van der Waals surface area contributed by atoms with Crippen molar-refractivity contribution in [2.45, 2.75) is 36.0 Å². The first kappa shape index (κ1) is 42.2. The Morgan fingerprint density at radius 2 is 0.932 bits per heavy atom. The number of hydrogen-bond acceptors (Lipinski definition) is 1. The summed E-state index contributed by atoms with van der Waals surface area (Å²) in [4.78, 5) is 4.48. The molecule has 0 aliphatic rings. The van der Waals surface area contributed by atoms with E-state index < -0.39 is 79.2 Å². The Bertz CT molecular complexity index is 1340. The van der Waals surface area contributed by atoms with E-state index in [4.69, 9.17) is 46.4 Å². The molecule has 0 N–H and O–H groups in total. The van der Waals surface area contributed by atoms with E-state index >= 15 is 0 Å². The summed E-state index contributed by atoms with van der Waals surface area (Å²) in [5.74, 6) is -35.1. The minimum Gasteiger partial charge on any atom is -0.432 e. The van der Waals surface area contributed by atoms with Crippen LogP contribution in [-0.4, -0.2) is 47.7 Å². The van der Waals surface area contributed by atoms with Crippen LogP contribution >= 0.6 is 46.4 Å². The van der Waals surface area contributed by atoms with E-state index in [-0.39, 0.29) is 22.4 Å². The van der Waals surface area contributed by atoms with Gasteiger partial charge in [0.2, 0.25) is 0 Å². The molecule has 0 fully saturated rings. The molecule has 0 aromatic heterocycles. The standard InChI is InChI=1S/C20H6Cl4F14N3.C2H4.Au/c21-7-3-1-4-8(22)11(7)39-13(15(25,26)17(29,30)19(33,34)35)41-14(16(27,28)18(31,32)20(36,37)38)40-12-9(23)5-2-6-10(12)24;1-2;/h1-6H;1-2H2;/q-1;;+1.